The fourth-order valence-corrected chi connectivity index (χ4v) is 1.60. The Kier molecular flexibility index (Phi) is 6.73. The summed E-state index contributed by atoms with van der Waals surface area (Å²) >= 11 is 0. The van der Waals surface area contributed by atoms with Crippen molar-refractivity contribution in [3.63, 3.8) is 0 Å². The molecule has 0 fully saturated rings. The fraction of sp³-hybridized carbons (Fsp3) is 0.467. The predicted octanol–water partition coefficient (Wildman–Crippen LogP) is 1.04. The summed E-state index contributed by atoms with van der Waals surface area (Å²) in [7, 11) is 0. The van der Waals surface area contributed by atoms with E-state index >= 15 is 0 Å². The minimum atomic E-state index is -0.108. The van der Waals surface area contributed by atoms with Crippen molar-refractivity contribution in [2.75, 3.05) is 13.1 Å². The van der Waals surface area contributed by atoms with Crippen LogP contribution < -0.4 is 16.4 Å². The van der Waals surface area contributed by atoms with E-state index in [1.807, 2.05) is 26.0 Å². The van der Waals surface area contributed by atoms with Crippen LogP contribution in [0.3, 0.4) is 0 Å². The summed E-state index contributed by atoms with van der Waals surface area (Å²) in [4.78, 5) is 23.1. The number of hydrogen-bond donors (Lipinski definition) is 3. The first-order chi connectivity index (χ1) is 9.54. The number of hydrogen-bond acceptors (Lipinski definition) is 3. The normalized spacial score (nSPS) is 10.4. The lowest BCUT2D eigenvalue weighted by Gasteiger charge is -2.08. The van der Waals surface area contributed by atoms with E-state index in [0.717, 1.165) is 5.56 Å². The van der Waals surface area contributed by atoms with E-state index in [4.69, 9.17) is 5.73 Å². The predicted molar refractivity (Wildman–Crippen MR) is 79.1 cm³/mol. The van der Waals surface area contributed by atoms with E-state index in [1.54, 1.807) is 12.1 Å². The maximum Gasteiger partial charge on any atom is 0.251 e. The summed E-state index contributed by atoms with van der Waals surface area (Å²) in [6.45, 7) is 5.28. The van der Waals surface area contributed by atoms with Crippen molar-refractivity contribution < 1.29 is 9.59 Å². The first-order valence-electron chi connectivity index (χ1n) is 6.89. The highest BCUT2D eigenvalue weighted by Crippen LogP contribution is 2.03. The first kappa shape index (κ1) is 16.2. The van der Waals surface area contributed by atoms with Gasteiger partial charge >= 0.3 is 0 Å². The molecule has 5 heteroatoms. The molecule has 0 aliphatic rings. The molecular weight excluding hydrogens is 254 g/mol. The zero-order chi connectivity index (χ0) is 15.0. The standard InChI is InChI=1S/C15H23N3O2/c1-11(2)14(19)17-8-3-9-18-15(20)13-6-4-12(10-16)5-7-13/h4-7,11H,3,8-10,16H2,1-2H3,(H,17,19)(H,18,20). The Morgan fingerprint density at radius 1 is 1.10 bits per heavy atom. The molecule has 110 valence electrons. The molecule has 0 saturated heterocycles. The minimum Gasteiger partial charge on any atom is -0.356 e. The van der Waals surface area contributed by atoms with Crippen molar-refractivity contribution in [3.8, 4) is 0 Å². The van der Waals surface area contributed by atoms with Crippen molar-refractivity contribution >= 4 is 11.8 Å². The first-order valence-corrected chi connectivity index (χ1v) is 6.89. The van der Waals surface area contributed by atoms with Gasteiger partial charge in [0.2, 0.25) is 5.91 Å². The van der Waals surface area contributed by atoms with Crippen LogP contribution in [0.5, 0.6) is 0 Å². The quantitative estimate of drug-likeness (QED) is 0.651. The second-order valence-corrected chi connectivity index (χ2v) is 4.96. The Balaban J connectivity index is 2.24. The number of amides is 2. The number of nitrogens with one attached hydrogen (secondary N) is 2. The van der Waals surface area contributed by atoms with Crippen LogP contribution in [0.4, 0.5) is 0 Å². The third kappa shape index (κ3) is 5.40. The second-order valence-electron chi connectivity index (χ2n) is 4.96. The molecule has 0 heterocycles. The monoisotopic (exact) mass is 277 g/mol. The molecule has 5 nitrogen and oxygen atoms in total. The maximum absolute atomic E-state index is 11.8. The zero-order valence-corrected chi connectivity index (χ0v) is 12.1. The van der Waals surface area contributed by atoms with Crippen LogP contribution in [-0.2, 0) is 11.3 Å². The molecule has 0 spiro atoms. The van der Waals surface area contributed by atoms with Gasteiger partial charge in [0.05, 0.1) is 0 Å². The van der Waals surface area contributed by atoms with E-state index in [9.17, 15) is 9.59 Å². The van der Waals surface area contributed by atoms with Crippen molar-refractivity contribution in [2.45, 2.75) is 26.8 Å². The lowest BCUT2D eigenvalue weighted by Crippen LogP contribution is -2.31. The van der Waals surface area contributed by atoms with Crippen molar-refractivity contribution in [1.82, 2.24) is 10.6 Å². The van der Waals surface area contributed by atoms with Gasteiger partial charge in [-0.1, -0.05) is 26.0 Å². The van der Waals surface area contributed by atoms with Gasteiger partial charge in [-0.3, -0.25) is 9.59 Å². The van der Waals surface area contributed by atoms with E-state index in [-0.39, 0.29) is 17.7 Å². The summed E-state index contributed by atoms with van der Waals surface area (Å²) in [5.41, 5.74) is 7.12. The van der Waals surface area contributed by atoms with Crippen LogP contribution in [0.15, 0.2) is 24.3 Å². The van der Waals surface area contributed by atoms with E-state index < -0.39 is 0 Å². The average molecular weight is 277 g/mol. The number of benzene rings is 1. The van der Waals surface area contributed by atoms with Gasteiger partial charge in [-0.05, 0) is 24.1 Å². The Morgan fingerprint density at radius 3 is 2.25 bits per heavy atom. The highest BCUT2D eigenvalue weighted by atomic mass is 16.2. The molecule has 20 heavy (non-hydrogen) atoms. The van der Waals surface area contributed by atoms with Crippen LogP contribution in [-0.4, -0.2) is 24.9 Å². The molecule has 0 radical (unpaired) electrons. The van der Waals surface area contributed by atoms with Gasteiger partial charge in [0, 0.05) is 31.1 Å². The molecule has 0 aromatic heterocycles. The second kappa shape index (κ2) is 8.32. The van der Waals surface area contributed by atoms with Crippen molar-refractivity contribution in [1.29, 1.82) is 0 Å². The van der Waals surface area contributed by atoms with E-state index in [0.29, 0.717) is 31.6 Å². The topological polar surface area (TPSA) is 84.2 Å². The van der Waals surface area contributed by atoms with Crippen molar-refractivity contribution in [3.05, 3.63) is 35.4 Å². The van der Waals surface area contributed by atoms with E-state index in [1.165, 1.54) is 0 Å². The van der Waals surface area contributed by atoms with E-state index in [2.05, 4.69) is 10.6 Å². The van der Waals surface area contributed by atoms with Gasteiger partial charge in [-0.15, -0.1) is 0 Å². The molecule has 1 rings (SSSR count). The number of rotatable bonds is 7. The number of nitrogens with two attached hydrogens (primary N) is 1. The van der Waals surface area contributed by atoms with Crippen molar-refractivity contribution in [2.24, 2.45) is 11.7 Å². The molecule has 1 aromatic rings. The minimum absolute atomic E-state index is 0.00866. The smallest absolute Gasteiger partial charge is 0.251 e. The summed E-state index contributed by atoms with van der Waals surface area (Å²) in [6, 6.07) is 7.21. The Morgan fingerprint density at radius 2 is 1.70 bits per heavy atom. The summed E-state index contributed by atoms with van der Waals surface area (Å²) < 4.78 is 0. The SMILES string of the molecule is CC(C)C(=O)NCCCNC(=O)c1ccc(CN)cc1. The zero-order valence-electron chi connectivity index (χ0n) is 12.1. The lowest BCUT2D eigenvalue weighted by atomic mass is 10.1. The maximum atomic E-state index is 11.8. The average Bonchev–Trinajstić information content (AvgIpc) is 2.46. The Hall–Kier alpha value is -1.88. The third-order valence-electron chi connectivity index (χ3n) is 2.91. The molecule has 0 atom stereocenters. The van der Waals surface area contributed by atoms with Crippen LogP contribution >= 0.6 is 0 Å². The van der Waals surface area contributed by atoms with Crippen LogP contribution in [0.1, 0.15) is 36.2 Å². The highest BCUT2D eigenvalue weighted by molar-refractivity contribution is 5.94. The van der Waals surface area contributed by atoms with Crippen LogP contribution in [0.2, 0.25) is 0 Å². The molecule has 0 unspecified atom stereocenters. The van der Waals surface area contributed by atoms with Crippen LogP contribution in [0.25, 0.3) is 0 Å². The molecule has 2 amide bonds. The third-order valence-corrected chi connectivity index (χ3v) is 2.91. The lowest BCUT2D eigenvalue weighted by molar-refractivity contribution is -0.123. The molecule has 0 bridgehead atoms. The molecule has 0 saturated carbocycles. The van der Waals surface area contributed by atoms with Gasteiger partial charge in [0.1, 0.15) is 0 Å². The number of carbonyl (C=O) groups is 2. The summed E-state index contributed by atoms with van der Waals surface area (Å²) in [5, 5.41) is 5.62. The van der Waals surface area contributed by atoms with Gasteiger partial charge in [0.25, 0.3) is 5.91 Å². The molecule has 0 aliphatic heterocycles. The fourth-order valence-electron chi connectivity index (χ4n) is 1.60. The molecule has 4 N–H and O–H groups in total. The summed E-state index contributed by atoms with van der Waals surface area (Å²) in [6.07, 6.45) is 0.713. The van der Waals surface area contributed by atoms with Gasteiger partial charge in [-0.25, -0.2) is 0 Å². The molecular formula is C15H23N3O2. The molecule has 1 aromatic carbocycles. The highest BCUT2D eigenvalue weighted by Gasteiger charge is 2.06. The Bertz CT molecular complexity index is 441. The largest absolute Gasteiger partial charge is 0.356 e. The van der Waals surface area contributed by atoms with Gasteiger partial charge in [0.15, 0.2) is 0 Å². The van der Waals surface area contributed by atoms with Crippen LogP contribution in [0, 0.1) is 5.92 Å². The summed E-state index contributed by atoms with van der Waals surface area (Å²) in [5.74, 6) is -0.0805. The van der Waals surface area contributed by atoms with Gasteiger partial charge in [-0.2, -0.15) is 0 Å². The Labute approximate surface area is 119 Å². The number of carbonyl (C=O) groups excluding carboxylic acids is 2. The molecule has 0 aliphatic carbocycles. The van der Waals surface area contributed by atoms with Gasteiger partial charge < -0.3 is 16.4 Å².